The molecular formula is C28H33FN2O2. The van der Waals surface area contributed by atoms with Crippen molar-refractivity contribution in [3.63, 3.8) is 0 Å². The second-order valence-electron chi connectivity index (χ2n) is 9.62. The number of pyridine rings is 1. The molecule has 174 valence electrons. The summed E-state index contributed by atoms with van der Waals surface area (Å²) in [7, 11) is 0. The van der Waals surface area contributed by atoms with Gasteiger partial charge in [0.2, 0.25) is 0 Å². The summed E-state index contributed by atoms with van der Waals surface area (Å²) in [4.78, 5) is 6.58. The Balaban J connectivity index is 1.29. The van der Waals surface area contributed by atoms with E-state index in [1.165, 1.54) is 5.57 Å². The maximum absolute atomic E-state index is 14.6. The number of aromatic nitrogens is 1. The highest BCUT2D eigenvalue weighted by Gasteiger charge is 2.26. The third-order valence-electron chi connectivity index (χ3n) is 6.67. The molecule has 1 unspecified atom stereocenters. The van der Waals surface area contributed by atoms with Crippen molar-refractivity contribution in [1.82, 2.24) is 9.88 Å². The molecule has 1 atom stereocenters. The molecule has 0 spiro atoms. The first-order chi connectivity index (χ1) is 15.9. The highest BCUT2D eigenvalue weighted by atomic mass is 19.1. The van der Waals surface area contributed by atoms with E-state index in [4.69, 9.17) is 4.74 Å². The van der Waals surface area contributed by atoms with Crippen molar-refractivity contribution >= 4 is 5.57 Å². The van der Waals surface area contributed by atoms with Crippen molar-refractivity contribution in [2.45, 2.75) is 51.6 Å². The van der Waals surface area contributed by atoms with Gasteiger partial charge < -0.3 is 9.84 Å². The number of ether oxygens (including phenoxy) is 1. The Morgan fingerprint density at radius 1 is 1.21 bits per heavy atom. The van der Waals surface area contributed by atoms with Crippen LogP contribution in [-0.4, -0.2) is 46.8 Å². The summed E-state index contributed by atoms with van der Waals surface area (Å²) in [5.74, 6) is 6.96. The largest absolute Gasteiger partial charge is 0.492 e. The lowest BCUT2D eigenvalue weighted by Gasteiger charge is -2.35. The number of aliphatic hydroxyl groups is 1. The van der Waals surface area contributed by atoms with E-state index in [0.29, 0.717) is 12.5 Å². The fourth-order valence-corrected chi connectivity index (χ4v) is 4.25. The fourth-order valence-electron chi connectivity index (χ4n) is 4.25. The normalized spacial score (nSPS) is 20.5. The van der Waals surface area contributed by atoms with Crippen LogP contribution in [0.4, 0.5) is 4.39 Å². The van der Waals surface area contributed by atoms with E-state index in [-0.39, 0.29) is 11.5 Å². The molecule has 2 aliphatic rings. The van der Waals surface area contributed by atoms with Crippen molar-refractivity contribution in [3.8, 4) is 17.6 Å². The predicted molar refractivity (Wildman–Crippen MR) is 129 cm³/mol. The van der Waals surface area contributed by atoms with E-state index >= 15 is 0 Å². The molecule has 0 amide bonds. The zero-order valence-electron chi connectivity index (χ0n) is 19.6. The third kappa shape index (κ3) is 6.66. The van der Waals surface area contributed by atoms with Gasteiger partial charge in [0.15, 0.2) is 5.82 Å². The second kappa shape index (κ2) is 10.5. The lowest BCUT2D eigenvalue weighted by Crippen LogP contribution is -2.43. The van der Waals surface area contributed by atoms with Gasteiger partial charge in [-0.1, -0.05) is 18.9 Å². The number of rotatable bonds is 5. The van der Waals surface area contributed by atoms with E-state index < -0.39 is 5.60 Å². The molecule has 1 aromatic carbocycles. The average molecular weight is 449 g/mol. The van der Waals surface area contributed by atoms with Gasteiger partial charge in [-0.15, -0.1) is 0 Å². The molecule has 1 aliphatic heterocycles. The van der Waals surface area contributed by atoms with Gasteiger partial charge in [0.25, 0.3) is 0 Å². The summed E-state index contributed by atoms with van der Waals surface area (Å²) in [6.07, 6.45) is 8.69. The van der Waals surface area contributed by atoms with Gasteiger partial charge in [0.1, 0.15) is 18.1 Å². The first kappa shape index (κ1) is 23.5. The first-order valence-electron chi connectivity index (χ1n) is 11.9. The molecule has 33 heavy (non-hydrogen) atoms. The molecule has 0 radical (unpaired) electrons. The smallest absolute Gasteiger partial charge is 0.158 e. The highest BCUT2D eigenvalue weighted by molar-refractivity contribution is 5.66. The van der Waals surface area contributed by atoms with Crippen LogP contribution in [0.2, 0.25) is 0 Å². The number of allylic oxidation sites excluding steroid dienone is 2. The van der Waals surface area contributed by atoms with Crippen LogP contribution >= 0.6 is 0 Å². The van der Waals surface area contributed by atoms with Gasteiger partial charge in [-0.05, 0) is 92.3 Å². The molecule has 1 saturated heterocycles. The van der Waals surface area contributed by atoms with E-state index in [1.807, 2.05) is 31.2 Å². The van der Waals surface area contributed by atoms with Crippen molar-refractivity contribution in [3.05, 3.63) is 65.2 Å². The summed E-state index contributed by atoms with van der Waals surface area (Å²) in [5.41, 5.74) is 2.47. The minimum absolute atomic E-state index is 0.171. The Kier molecular flexibility index (Phi) is 7.47. The molecule has 4 rings (SSSR count). The molecule has 2 aromatic rings. The molecule has 1 aliphatic carbocycles. The van der Waals surface area contributed by atoms with Gasteiger partial charge in [0, 0.05) is 31.4 Å². The number of halogens is 1. The number of benzene rings is 1. The number of piperidine rings is 1. The van der Waals surface area contributed by atoms with Crippen LogP contribution in [0.5, 0.6) is 5.75 Å². The molecule has 0 bridgehead atoms. The van der Waals surface area contributed by atoms with Gasteiger partial charge in [0.05, 0.1) is 5.60 Å². The van der Waals surface area contributed by atoms with Crippen molar-refractivity contribution in [2.24, 2.45) is 5.92 Å². The quantitative estimate of drug-likeness (QED) is 0.651. The Labute approximate surface area is 196 Å². The van der Waals surface area contributed by atoms with E-state index in [9.17, 15) is 9.50 Å². The number of hydrogen-bond donors (Lipinski definition) is 1. The number of nitrogens with zero attached hydrogens (tertiary/aromatic N) is 2. The maximum atomic E-state index is 14.6. The summed E-state index contributed by atoms with van der Waals surface area (Å²) >= 11 is 0. The molecule has 1 N–H and O–H groups in total. The summed E-state index contributed by atoms with van der Waals surface area (Å²) in [5, 5.41) is 10.0. The van der Waals surface area contributed by atoms with Crippen molar-refractivity contribution < 1.29 is 14.2 Å². The maximum Gasteiger partial charge on any atom is 0.158 e. The molecule has 1 aromatic heterocycles. The molecule has 5 heteroatoms. The Hall–Kier alpha value is -2.68. The minimum atomic E-state index is -0.527. The first-order valence-corrected chi connectivity index (χ1v) is 11.9. The highest BCUT2D eigenvalue weighted by Crippen LogP contribution is 2.30. The van der Waals surface area contributed by atoms with E-state index in [0.717, 1.165) is 68.6 Å². The van der Waals surface area contributed by atoms with E-state index in [2.05, 4.69) is 34.7 Å². The molecule has 0 saturated carbocycles. The third-order valence-corrected chi connectivity index (χ3v) is 6.67. The number of likely N-dealkylation sites (tertiary alicyclic amines) is 1. The lowest BCUT2D eigenvalue weighted by molar-refractivity contribution is -0.00768. The van der Waals surface area contributed by atoms with Gasteiger partial charge in [-0.25, -0.2) is 9.37 Å². The van der Waals surface area contributed by atoms with Crippen LogP contribution in [0.15, 0.2) is 42.6 Å². The average Bonchev–Trinajstić information content (AvgIpc) is 2.81. The fraction of sp³-hybridized carbons (Fsp3) is 0.464. The Morgan fingerprint density at radius 2 is 1.97 bits per heavy atom. The van der Waals surface area contributed by atoms with Crippen LogP contribution in [0, 0.1) is 23.6 Å². The van der Waals surface area contributed by atoms with E-state index in [1.54, 1.807) is 12.3 Å². The Bertz CT molecular complexity index is 1040. The van der Waals surface area contributed by atoms with Crippen LogP contribution in [0.25, 0.3) is 5.57 Å². The van der Waals surface area contributed by atoms with Gasteiger partial charge in [-0.2, -0.15) is 0 Å². The van der Waals surface area contributed by atoms with Gasteiger partial charge >= 0.3 is 0 Å². The Morgan fingerprint density at radius 3 is 2.64 bits per heavy atom. The predicted octanol–water partition coefficient (Wildman–Crippen LogP) is 5.05. The lowest BCUT2D eigenvalue weighted by atomic mass is 9.88. The molecular weight excluding hydrogens is 415 g/mol. The standard InChI is InChI=1S/C28H33FN2O2/c1-21-3-8-23(9-4-21)24-19-26(29)27(30-20-24)12-7-22-5-10-25(11-6-22)33-18-17-31-15-13-28(2,32)14-16-31/h5-6,8,10-11,19-21,32H,3-4,9,13-18H2,1-2H3. The van der Waals surface area contributed by atoms with Crippen LogP contribution < -0.4 is 4.74 Å². The summed E-state index contributed by atoms with van der Waals surface area (Å²) in [6, 6.07) is 9.07. The topological polar surface area (TPSA) is 45.6 Å². The zero-order chi connectivity index (χ0) is 23.3. The number of hydrogen-bond acceptors (Lipinski definition) is 4. The van der Waals surface area contributed by atoms with Crippen molar-refractivity contribution in [2.75, 3.05) is 26.2 Å². The minimum Gasteiger partial charge on any atom is -0.492 e. The SMILES string of the molecule is CC1CC=C(c2cnc(C#Cc3ccc(OCCN4CCC(C)(O)CC4)cc3)c(F)c2)CC1. The summed E-state index contributed by atoms with van der Waals surface area (Å²) in [6.45, 7) is 7.38. The molecule has 4 nitrogen and oxygen atoms in total. The van der Waals surface area contributed by atoms with Gasteiger partial charge in [-0.3, -0.25) is 4.90 Å². The molecule has 2 heterocycles. The zero-order valence-corrected chi connectivity index (χ0v) is 19.6. The van der Waals surface area contributed by atoms with Crippen LogP contribution in [-0.2, 0) is 0 Å². The van der Waals surface area contributed by atoms with Crippen LogP contribution in [0.1, 0.15) is 62.8 Å². The van der Waals surface area contributed by atoms with Crippen molar-refractivity contribution in [1.29, 1.82) is 0 Å². The molecule has 1 fully saturated rings. The monoisotopic (exact) mass is 448 g/mol. The second-order valence-corrected chi connectivity index (χ2v) is 9.62. The van der Waals surface area contributed by atoms with Crippen LogP contribution in [0.3, 0.4) is 0 Å². The summed E-state index contributed by atoms with van der Waals surface area (Å²) < 4.78 is 20.4.